The van der Waals surface area contributed by atoms with Crippen molar-refractivity contribution < 1.29 is 19.0 Å². The molecule has 3 aliphatic rings. The summed E-state index contributed by atoms with van der Waals surface area (Å²) < 4.78 is 23.5. The number of nitrogens with zero attached hydrogens (tertiary/aromatic N) is 3. The number of hydrogen-bond donors (Lipinski definition) is 2. The smallest absolute Gasteiger partial charge is 0.296 e. The number of rotatable bonds is 5. The van der Waals surface area contributed by atoms with Crippen LogP contribution < -0.4 is 10.9 Å². The van der Waals surface area contributed by atoms with Crippen molar-refractivity contribution in [1.29, 1.82) is 0 Å². The average Bonchev–Trinajstić information content (AvgIpc) is 3.36. The predicted molar refractivity (Wildman–Crippen MR) is 137 cm³/mol. The Kier molecular flexibility index (Phi) is 7.28. The molecule has 2 N–H and O–H groups in total. The van der Waals surface area contributed by atoms with Gasteiger partial charge in [0.2, 0.25) is 5.75 Å². The molecular formula is C26H33FN4O4S. The van der Waals surface area contributed by atoms with Crippen molar-refractivity contribution in [3.8, 4) is 5.75 Å². The molecule has 8 nitrogen and oxygen atoms in total. The van der Waals surface area contributed by atoms with Crippen LogP contribution in [0, 0.1) is 5.82 Å². The Hall–Kier alpha value is -2.56. The number of aromatic hydroxyl groups is 1. The van der Waals surface area contributed by atoms with E-state index in [1.165, 1.54) is 12.1 Å². The maximum atomic E-state index is 14.3. The molecule has 1 aromatic heterocycles. The summed E-state index contributed by atoms with van der Waals surface area (Å²) in [4.78, 5) is 31.6. The molecule has 2 aromatic rings. The van der Waals surface area contributed by atoms with E-state index in [-0.39, 0.29) is 23.5 Å². The zero-order valence-electron chi connectivity index (χ0n) is 20.6. The Labute approximate surface area is 212 Å². The first-order valence-electron chi connectivity index (χ1n) is 12.7. The van der Waals surface area contributed by atoms with E-state index in [0.29, 0.717) is 25.6 Å². The fourth-order valence-corrected chi connectivity index (χ4v) is 7.83. The van der Waals surface area contributed by atoms with Gasteiger partial charge in [0.05, 0.1) is 13.2 Å². The van der Waals surface area contributed by atoms with E-state index in [9.17, 15) is 19.1 Å². The van der Waals surface area contributed by atoms with Crippen LogP contribution in [0.2, 0.25) is 0 Å². The zero-order chi connectivity index (χ0) is 25.3. The quantitative estimate of drug-likeness (QED) is 0.592. The van der Waals surface area contributed by atoms with E-state index >= 15 is 0 Å². The minimum atomic E-state index is -0.611. The molecule has 3 heterocycles. The molecule has 0 bridgehead atoms. The summed E-state index contributed by atoms with van der Waals surface area (Å²) in [7, 11) is -0.459. The van der Waals surface area contributed by atoms with Crippen molar-refractivity contribution in [3.63, 3.8) is 0 Å². The summed E-state index contributed by atoms with van der Waals surface area (Å²) in [5, 5.41) is 15.5. The Morgan fingerprint density at radius 1 is 1.22 bits per heavy atom. The summed E-state index contributed by atoms with van der Waals surface area (Å²) in [5.74, 6) is -0.915. The summed E-state index contributed by atoms with van der Waals surface area (Å²) in [5.41, 5.74) is -0.183. The second kappa shape index (κ2) is 10.4. The second-order valence-corrected chi connectivity index (χ2v) is 11.8. The van der Waals surface area contributed by atoms with E-state index in [0.717, 1.165) is 62.1 Å². The van der Waals surface area contributed by atoms with Crippen molar-refractivity contribution in [1.82, 2.24) is 19.2 Å². The topological polar surface area (TPSA) is 96.7 Å². The number of carbonyl (C=O) groups is 1. The average molecular weight is 517 g/mol. The van der Waals surface area contributed by atoms with Crippen molar-refractivity contribution in [2.45, 2.75) is 68.8 Å². The lowest BCUT2D eigenvalue weighted by molar-refractivity contribution is 0.0771. The molecule has 1 spiro atoms. The molecule has 0 radical (unpaired) electrons. The highest BCUT2D eigenvalue weighted by Gasteiger charge is 2.42. The third-order valence-electron chi connectivity index (χ3n) is 7.60. The Balaban J connectivity index is 1.42. The second-order valence-electron chi connectivity index (χ2n) is 9.71. The van der Waals surface area contributed by atoms with E-state index in [4.69, 9.17) is 4.74 Å². The van der Waals surface area contributed by atoms with Crippen molar-refractivity contribution in [2.24, 2.45) is 0 Å². The number of hydrogen-bond acceptors (Lipinski definition) is 6. The van der Waals surface area contributed by atoms with Crippen LogP contribution in [-0.2, 0) is 23.2 Å². The van der Waals surface area contributed by atoms with Gasteiger partial charge < -0.3 is 15.2 Å². The van der Waals surface area contributed by atoms with Gasteiger partial charge in [-0.3, -0.25) is 14.2 Å². The van der Waals surface area contributed by atoms with E-state index in [1.54, 1.807) is 10.6 Å². The van der Waals surface area contributed by atoms with Crippen LogP contribution in [-0.4, -0.2) is 56.5 Å². The standard InChI is InChI=1S/C26H33FN4O4S/c1-2-36(30-12-14-35-15-13-30)20-16-19(27)7-6-18(20)17-28-23(33)21-22(32)24(34)31-11-5-10-26(25(31)29-21)8-3-4-9-26/h2,6-7,16,32H,3-5,8-15,17H2,1H3,(H,28,33). The highest BCUT2D eigenvalue weighted by Crippen LogP contribution is 2.46. The van der Waals surface area contributed by atoms with Crippen LogP contribution >= 0.6 is 10.7 Å². The van der Waals surface area contributed by atoms with Gasteiger partial charge in [-0.15, -0.1) is 0 Å². The minimum absolute atomic E-state index is 0.126. The number of halogens is 1. The van der Waals surface area contributed by atoms with Crippen LogP contribution in [0.3, 0.4) is 0 Å². The van der Waals surface area contributed by atoms with Gasteiger partial charge in [0, 0.05) is 36.5 Å². The number of nitrogens with one attached hydrogen (secondary N) is 1. The molecule has 194 valence electrons. The molecule has 2 fully saturated rings. The largest absolute Gasteiger partial charge is 0.501 e. The fraction of sp³-hybridized carbons (Fsp3) is 0.538. The van der Waals surface area contributed by atoms with Crippen LogP contribution in [0.4, 0.5) is 4.39 Å². The molecule has 1 saturated carbocycles. The highest BCUT2D eigenvalue weighted by atomic mass is 32.2. The molecule has 1 amide bonds. The first-order chi connectivity index (χ1) is 17.4. The first kappa shape index (κ1) is 25.1. The number of aromatic nitrogens is 2. The molecule has 1 aromatic carbocycles. The van der Waals surface area contributed by atoms with Gasteiger partial charge in [-0.2, -0.15) is 0 Å². The summed E-state index contributed by atoms with van der Waals surface area (Å²) in [6.07, 6.45) is 5.85. The van der Waals surface area contributed by atoms with Gasteiger partial charge in [-0.05, 0) is 55.7 Å². The fourth-order valence-electron chi connectivity index (χ4n) is 5.81. The number of fused-ring (bicyclic) bond motifs is 2. The van der Waals surface area contributed by atoms with Gasteiger partial charge in [-0.25, -0.2) is 13.7 Å². The predicted octanol–water partition coefficient (Wildman–Crippen LogP) is 3.32. The number of amides is 1. The van der Waals surface area contributed by atoms with Crippen LogP contribution in [0.5, 0.6) is 5.75 Å². The first-order valence-corrected chi connectivity index (χ1v) is 13.9. The third kappa shape index (κ3) is 4.62. The third-order valence-corrected chi connectivity index (χ3v) is 9.80. The monoisotopic (exact) mass is 516 g/mol. The van der Waals surface area contributed by atoms with E-state index in [2.05, 4.69) is 14.6 Å². The molecule has 1 saturated heterocycles. The van der Waals surface area contributed by atoms with Crippen molar-refractivity contribution in [3.05, 3.63) is 51.5 Å². The molecule has 1 unspecified atom stereocenters. The number of ether oxygens (including phenoxy) is 1. The van der Waals surface area contributed by atoms with Gasteiger partial charge in [0.25, 0.3) is 11.5 Å². The summed E-state index contributed by atoms with van der Waals surface area (Å²) >= 11 is 0. The van der Waals surface area contributed by atoms with Crippen LogP contribution in [0.15, 0.2) is 27.9 Å². The molecule has 2 aliphatic heterocycles. The Morgan fingerprint density at radius 3 is 2.67 bits per heavy atom. The highest BCUT2D eigenvalue weighted by molar-refractivity contribution is 8.13. The molecule has 36 heavy (non-hydrogen) atoms. The number of carbonyl (C=O) groups excluding carboxylic acids is 1. The SMILES string of the molecule is C/C=S(/c1cc(F)ccc1CNC(=O)c1nc2n(c(=O)c1O)CCCC21CCCC1)N1CCOCC1. The summed E-state index contributed by atoms with van der Waals surface area (Å²) in [6.45, 7) is 5.32. The van der Waals surface area contributed by atoms with Crippen molar-refractivity contribution >= 4 is 21.9 Å². The van der Waals surface area contributed by atoms with Crippen LogP contribution in [0.25, 0.3) is 0 Å². The van der Waals surface area contributed by atoms with Gasteiger partial charge in [-0.1, -0.05) is 29.6 Å². The maximum absolute atomic E-state index is 14.3. The zero-order valence-corrected chi connectivity index (χ0v) is 21.4. The van der Waals surface area contributed by atoms with Gasteiger partial charge in [0.1, 0.15) is 11.6 Å². The molecule has 1 atom stereocenters. The van der Waals surface area contributed by atoms with Crippen molar-refractivity contribution in [2.75, 3.05) is 26.3 Å². The molecule has 5 rings (SSSR count). The lowest BCUT2D eigenvalue weighted by Crippen LogP contribution is -2.41. The maximum Gasteiger partial charge on any atom is 0.296 e. The Bertz CT molecular complexity index is 1250. The van der Waals surface area contributed by atoms with Gasteiger partial charge >= 0.3 is 0 Å². The molecule has 10 heteroatoms. The van der Waals surface area contributed by atoms with Crippen LogP contribution in [0.1, 0.15) is 67.3 Å². The van der Waals surface area contributed by atoms with Gasteiger partial charge in [0.15, 0.2) is 5.69 Å². The lowest BCUT2D eigenvalue weighted by Gasteiger charge is -2.35. The number of benzene rings is 1. The summed E-state index contributed by atoms with van der Waals surface area (Å²) in [6, 6.07) is 4.58. The van der Waals surface area contributed by atoms with E-state index < -0.39 is 27.9 Å². The molecular weight excluding hydrogens is 483 g/mol. The van der Waals surface area contributed by atoms with E-state index in [1.807, 2.05) is 12.3 Å². The number of morpholine rings is 1. The Morgan fingerprint density at radius 2 is 1.94 bits per heavy atom. The lowest BCUT2D eigenvalue weighted by atomic mass is 9.78. The molecule has 1 aliphatic carbocycles. The minimum Gasteiger partial charge on any atom is -0.501 e. The normalized spacial score (nSPS) is 20.4.